The Bertz CT molecular complexity index is 674. The van der Waals surface area contributed by atoms with Crippen LogP contribution in [0.3, 0.4) is 0 Å². The molecule has 0 aliphatic carbocycles. The number of fused-ring (bicyclic) bond motifs is 1. The van der Waals surface area contributed by atoms with Crippen LogP contribution in [0.4, 0.5) is 30.4 Å². The maximum atomic E-state index is 12.9. The van der Waals surface area contributed by atoms with Gasteiger partial charge in [-0.2, -0.15) is 43.5 Å². The Hall–Kier alpha value is -1.59. The van der Waals surface area contributed by atoms with Gasteiger partial charge < -0.3 is 9.80 Å². The number of benzene rings is 1. The number of anilines is 3. The summed E-state index contributed by atoms with van der Waals surface area (Å²) >= 11 is 0. The van der Waals surface area contributed by atoms with Gasteiger partial charge in [-0.3, -0.25) is 0 Å². The van der Waals surface area contributed by atoms with Crippen molar-refractivity contribution >= 4 is 17.2 Å². The van der Waals surface area contributed by atoms with Crippen molar-refractivity contribution < 1.29 is 33.3 Å². The topological polar surface area (TPSA) is 19.4 Å². The molecule has 0 spiro atoms. The van der Waals surface area contributed by atoms with E-state index in [-0.39, 0.29) is 26.1 Å². The number of halogens is 3. The average Bonchev–Trinajstić information content (AvgIpc) is 2.86. The van der Waals surface area contributed by atoms with Gasteiger partial charge in [0.15, 0.2) is 0 Å². The molecule has 3 rings (SSSR count). The molecule has 0 fully saturated rings. The third-order valence-electron chi connectivity index (χ3n) is 3.43. The van der Waals surface area contributed by atoms with Gasteiger partial charge in [-0.05, 0) is 26.0 Å². The number of nitrogens with zero attached hydrogens (tertiary/aromatic N) is 3. The molecular weight excluding hydrogens is 483 g/mol. The van der Waals surface area contributed by atoms with E-state index in [0.717, 1.165) is 18.0 Å². The fourth-order valence-corrected chi connectivity index (χ4v) is 2.34. The number of aromatic nitrogens is 1. The molecular formula is C16H14F3IrN3-2. The summed E-state index contributed by atoms with van der Waals surface area (Å²) in [5.41, 5.74) is 0.436. The normalized spacial score (nSPS) is 14.0. The minimum absolute atomic E-state index is 0. The van der Waals surface area contributed by atoms with E-state index in [0.29, 0.717) is 11.5 Å². The first kappa shape index (κ1) is 17.8. The zero-order valence-corrected chi connectivity index (χ0v) is 14.8. The SMILES string of the molecule is CC(C)N1[CH-]N(c2[c-]cccc2)c2ncc(C(F)(F)F)cc21.[Ir]. The van der Waals surface area contributed by atoms with Gasteiger partial charge in [0.25, 0.3) is 0 Å². The third kappa shape index (κ3) is 3.35. The first-order valence-electron chi connectivity index (χ1n) is 6.84. The smallest absolute Gasteiger partial charge is 0.417 e. The number of hydrogen-bond donors (Lipinski definition) is 0. The molecule has 1 aromatic heterocycles. The largest absolute Gasteiger partial charge is 0.498 e. The van der Waals surface area contributed by atoms with Crippen LogP contribution in [-0.4, -0.2) is 11.0 Å². The molecule has 0 N–H and O–H groups in total. The maximum Gasteiger partial charge on any atom is 0.417 e. The molecule has 3 nitrogen and oxygen atoms in total. The van der Waals surface area contributed by atoms with Gasteiger partial charge in [0, 0.05) is 26.3 Å². The molecule has 1 aromatic carbocycles. The van der Waals surface area contributed by atoms with Gasteiger partial charge in [-0.1, -0.05) is 0 Å². The fraction of sp³-hybridized carbons (Fsp3) is 0.250. The predicted octanol–water partition coefficient (Wildman–Crippen LogP) is 4.38. The van der Waals surface area contributed by atoms with Crippen molar-refractivity contribution in [1.82, 2.24) is 4.98 Å². The van der Waals surface area contributed by atoms with Crippen LogP contribution in [0.2, 0.25) is 0 Å². The maximum absolute atomic E-state index is 12.9. The summed E-state index contributed by atoms with van der Waals surface area (Å²) in [6.07, 6.45) is -3.54. The van der Waals surface area contributed by atoms with E-state index in [1.807, 2.05) is 32.0 Å². The summed E-state index contributed by atoms with van der Waals surface area (Å²) in [7, 11) is 0. The Morgan fingerprint density at radius 3 is 2.57 bits per heavy atom. The number of rotatable bonds is 2. The first-order chi connectivity index (χ1) is 10.4. The molecule has 0 saturated heterocycles. The molecule has 1 aliphatic rings. The van der Waals surface area contributed by atoms with E-state index in [2.05, 4.69) is 11.1 Å². The van der Waals surface area contributed by atoms with Crippen LogP contribution in [0.25, 0.3) is 0 Å². The Labute approximate surface area is 146 Å². The van der Waals surface area contributed by atoms with E-state index < -0.39 is 11.7 Å². The monoisotopic (exact) mass is 498 g/mol. The first-order valence-corrected chi connectivity index (χ1v) is 6.84. The molecule has 2 aromatic rings. The fourth-order valence-electron chi connectivity index (χ4n) is 2.34. The van der Waals surface area contributed by atoms with Crippen LogP contribution in [0.5, 0.6) is 0 Å². The van der Waals surface area contributed by atoms with Gasteiger partial charge in [-0.25, -0.2) is 4.98 Å². The van der Waals surface area contributed by atoms with Crippen molar-refractivity contribution in [2.45, 2.75) is 26.1 Å². The van der Waals surface area contributed by atoms with Crippen LogP contribution in [0, 0.1) is 12.7 Å². The van der Waals surface area contributed by atoms with E-state index in [1.165, 1.54) is 0 Å². The van der Waals surface area contributed by atoms with E-state index in [9.17, 15) is 13.2 Å². The summed E-state index contributed by atoms with van der Waals surface area (Å²) in [4.78, 5) is 7.55. The zero-order valence-electron chi connectivity index (χ0n) is 12.4. The predicted molar refractivity (Wildman–Crippen MR) is 78.6 cm³/mol. The molecule has 1 radical (unpaired) electrons. The number of pyridine rings is 1. The zero-order chi connectivity index (χ0) is 15.9. The second-order valence-corrected chi connectivity index (χ2v) is 5.30. The van der Waals surface area contributed by atoms with Crippen LogP contribution in [-0.2, 0) is 26.3 Å². The van der Waals surface area contributed by atoms with Crippen LogP contribution < -0.4 is 9.80 Å². The van der Waals surface area contributed by atoms with E-state index in [4.69, 9.17) is 0 Å². The molecule has 0 bridgehead atoms. The molecule has 0 atom stereocenters. The quantitative estimate of drug-likeness (QED) is 0.574. The number of para-hydroxylation sites is 1. The second kappa shape index (κ2) is 6.49. The molecule has 0 amide bonds. The van der Waals surface area contributed by atoms with Crippen LogP contribution in [0.15, 0.2) is 36.5 Å². The third-order valence-corrected chi connectivity index (χ3v) is 3.43. The van der Waals surface area contributed by atoms with Crippen LogP contribution >= 0.6 is 0 Å². The average molecular weight is 498 g/mol. The van der Waals surface area contributed by atoms with Gasteiger partial charge >= 0.3 is 6.18 Å². The van der Waals surface area contributed by atoms with Crippen molar-refractivity contribution in [3.05, 3.63) is 54.8 Å². The number of alkyl halides is 3. The molecule has 2 heterocycles. The summed E-state index contributed by atoms with van der Waals surface area (Å²) < 4.78 is 38.7. The molecule has 7 heteroatoms. The van der Waals surface area contributed by atoms with Gasteiger partial charge in [-0.15, -0.1) is 12.4 Å². The van der Waals surface area contributed by atoms with E-state index >= 15 is 0 Å². The molecule has 0 unspecified atom stereocenters. The van der Waals surface area contributed by atoms with Crippen molar-refractivity contribution in [1.29, 1.82) is 0 Å². The minimum atomic E-state index is -4.41. The van der Waals surface area contributed by atoms with E-state index in [1.54, 1.807) is 22.5 Å². The Morgan fingerprint density at radius 2 is 2.00 bits per heavy atom. The van der Waals surface area contributed by atoms with Gasteiger partial charge in [0.1, 0.15) is 5.82 Å². The van der Waals surface area contributed by atoms with Gasteiger partial charge in [0.05, 0.1) is 11.3 Å². The molecule has 125 valence electrons. The standard InChI is InChI=1S/C16H14F3N3.Ir/c1-11(2)21-10-22(13-6-4-3-5-7-13)15-14(21)8-12(9-20-15)16(17,18)19;/h3-6,8-11H,1-2H3;/q-2;. The molecule has 23 heavy (non-hydrogen) atoms. The van der Waals surface area contributed by atoms with Gasteiger partial charge in [0.2, 0.25) is 0 Å². The van der Waals surface area contributed by atoms with Crippen molar-refractivity contribution in [2.75, 3.05) is 9.80 Å². The summed E-state index contributed by atoms with van der Waals surface area (Å²) in [5, 5.41) is 0. The van der Waals surface area contributed by atoms with Crippen molar-refractivity contribution in [2.24, 2.45) is 0 Å². The Kier molecular flexibility index (Phi) is 5.01. The second-order valence-electron chi connectivity index (χ2n) is 5.30. The summed E-state index contributed by atoms with van der Waals surface area (Å²) in [5.74, 6) is 0.476. The minimum Gasteiger partial charge on any atom is -0.498 e. The molecule has 1 aliphatic heterocycles. The summed E-state index contributed by atoms with van der Waals surface area (Å²) in [6, 6.07) is 11.5. The van der Waals surface area contributed by atoms with Crippen molar-refractivity contribution in [3.8, 4) is 0 Å². The summed E-state index contributed by atoms with van der Waals surface area (Å²) in [6.45, 7) is 5.59. The molecule has 0 saturated carbocycles. The number of hydrogen-bond acceptors (Lipinski definition) is 3. The Balaban J connectivity index is 0.00000192. The van der Waals surface area contributed by atoms with Crippen molar-refractivity contribution in [3.63, 3.8) is 0 Å². The Morgan fingerprint density at radius 1 is 1.26 bits per heavy atom. The van der Waals surface area contributed by atoms with Crippen LogP contribution in [0.1, 0.15) is 19.4 Å².